The maximum atomic E-state index is 12.4. The molecule has 128 valence electrons. The Morgan fingerprint density at radius 3 is 2.52 bits per heavy atom. The first-order chi connectivity index (χ1) is 10.8. The van der Waals surface area contributed by atoms with Crippen molar-refractivity contribution in [1.29, 1.82) is 0 Å². The first-order valence-corrected chi connectivity index (χ1v) is 10.0. The molecule has 2 fully saturated rings. The summed E-state index contributed by atoms with van der Waals surface area (Å²) in [4.78, 5) is 12.4. The second kappa shape index (κ2) is 6.28. The minimum Gasteiger partial charge on any atom is -0.466 e. The maximum absolute atomic E-state index is 12.4. The number of amides is 1. The Morgan fingerprint density at radius 2 is 1.96 bits per heavy atom. The molecule has 0 aromatic carbocycles. The summed E-state index contributed by atoms with van der Waals surface area (Å²) in [5.74, 6) is 1.52. The normalized spacial score (nSPS) is 26.7. The van der Waals surface area contributed by atoms with E-state index in [1.165, 1.54) is 10.6 Å². The number of sulfonamides is 1. The van der Waals surface area contributed by atoms with Crippen LogP contribution in [-0.2, 0) is 14.8 Å². The molecule has 1 aliphatic carbocycles. The molecule has 2 heterocycles. The Hall–Kier alpha value is -1.34. The molecule has 1 aliphatic heterocycles. The minimum atomic E-state index is -3.28. The second-order valence-electron chi connectivity index (χ2n) is 6.73. The number of carbonyl (C=O) groups excluding carboxylic acids is 1. The molecule has 1 saturated heterocycles. The van der Waals surface area contributed by atoms with Crippen LogP contribution in [0.3, 0.4) is 0 Å². The standard InChI is InChI=1S/C16H24N2O4S/c1-11-7-8-15(22-11)13-9-18(23(2,20)21)10-14(13)17-16(19)12-5-3-4-6-12/h7-8,12-14H,3-6,9-10H2,1-2H3,(H,17,19)/t13-,14-/m1/s1. The van der Waals surface area contributed by atoms with Gasteiger partial charge in [-0.3, -0.25) is 4.79 Å². The fourth-order valence-electron chi connectivity index (χ4n) is 3.61. The molecule has 0 radical (unpaired) electrons. The molecule has 1 amide bonds. The molecule has 0 bridgehead atoms. The van der Waals surface area contributed by atoms with Gasteiger partial charge in [-0.2, -0.15) is 4.31 Å². The third-order valence-electron chi connectivity index (χ3n) is 4.94. The van der Waals surface area contributed by atoms with Crippen LogP contribution in [0.4, 0.5) is 0 Å². The first-order valence-electron chi connectivity index (χ1n) is 8.16. The Kier molecular flexibility index (Phi) is 4.51. The summed E-state index contributed by atoms with van der Waals surface area (Å²) in [6.07, 6.45) is 5.26. The van der Waals surface area contributed by atoms with E-state index in [1.54, 1.807) is 0 Å². The highest BCUT2D eigenvalue weighted by Crippen LogP contribution is 2.31. The smallest absolute Gasteiger partial charge is 0.223 e. The molecule has 23 heavy (non-hydrogen) atoms. The van der Waals surface area contributed by atoms with Gasteiger partial charge in [0.25, 0.3) is 0 Å². The molecule has 0 spiro atoms. The van der Waals surface area contributed by atoms with E-state index >= 15 is 0 Å². The zero-order valence-electron chi connectivity index (χ0n) is 13.6. The van der Waals surface area contributed by atoms with Crippen LogP contribution >= 0.6 is 0 Å². The lowest BCUT2D eigenvalue weighted by atomic mass is 9.99. The summed E-state index contributed by atoms with van der Waals surface area (Å²) < 4.78 is 30.9. The van der Waals surface area contributed by atoms with Crippen molar-refractivity contribution in [2.45, 2.75) is 44.6 Å². The number of furan rings is 1. The molecule has 6 nitrogen and oxygen atoms in total. The van der Waals surface area contributed by atoms with E-state index in [4.69, 9.17) is 4.42 Å². The lowest BCUT2D eigenvalue weighted by molar-refractivity contribution is -0.125. The highest BCUT2D eigenvalue weighted by atomic mass is 32.2. The average Bonchev–Trinajstić information content (AvgIpc) is 3.16. The van der Waals surface area contributed by atoms with E-state index in [0.29, 0.717) is 13.1 Å². The van der Waals surface area contributed by atoms with Gasteiger partial charge in [-0.1, -0.05) is 12.8 Å². The molecule has 3 rings (SSSR count). The van der Waals surface area contributed by atoms with Crippen molar-refractivity contribution >= 4 is 15.9 Å². The summed E-state index contributed by atoms with van der Waals surface area (Å²) >= 11 is 0. The third kappa shape index (κ3) is 3.61. The van der Waals surface area contributed by atoms with Gasteiger partial charge in [0, 0.05) is 19.0 Å². The van der Waals surface area contributed by atoms with E-state index in [9.17, 15) is 13.2 Å². The lowest BCUT2D eigenvalue weighted by Gasteiger charge is -2.20. The fourth-order valence-corrected chi connectivity index (χ4v) is 4.48. The summed E-state index contributed by atoms with van der Waals surface area (Å²) in [6, 6.07) is 3.51. The number of nitrogens with one attached hydrogen (secondary N) is 1. The highest BCUT2D eigenvalue weighted by Gasteiger charge is 2.41. The van der Waals surface area contributed by atoms with E-state index < -0.39 is 10.0 Å². The number of rotatable bonds is 4. The molecule has 1 aromatic rings. The summed E-state index contributed by atoms with van der Waals surface area (Å²) in [7, 11) is -3.28. The average molecular weight is 340 g/mol. The van der Waals surface area contributed by atoms with Crippen LogP contribution in [0.2, 0.25) is 0 Å². The molecule has 7 heteroatoms. The van der Waals surface area contributed by atoms with E-state index in [-0.39, 0.29) is 23.8 Å². The van der Waals surface area contributed by atoms with Crippen LogP contribution in [0, 0.1) is 12.8 Å². The van der Waals surface area contributed by atoms with Crippen LogP contribution in [0.5, 0.6) is 0 Å². The molecule has 2 aliphatic rings. The van der Waals surface area contributed by atoms with Gasteiger partial charge < -0.3 is 9.73 Å². The minimum absolute atomic E-state index is 0.0520. The van der Waals surface area contributed by atoms with Gasteiger partial charge >= 0.3 is 0 Å². The maximum Gasteiger partial charge on any atom is 0.223 e. The largest absolute Gasteiger partial charge is 0.466 e. The van der Waals surface area contributed by atoms with Gasteiger partial charge in [-0.05, 0) is 31.9 Å². The van der Waals surface area contributed by atoms with Gasteiger partial charge in [0.2, 0.25) is 15.9 Å². The van der Waals surface area contributed by atoms with Gasteiger partial charge in [0.15, 0.2) is 0 Å². The van der Waals surface area contributed by atoms with Crippen LogP contribution in [0.15, 0.2) is 16.5 Å². The predicted molar refractivity (Wildman–Crippen MR) is 86.5 cm³/mol. The first kappa shape index (κ1) is 16.5. The SMILES string of the molecule is Cc1ccc([C@@H]2CN(S(C)(=O)=O)C[C@H]2NC(=O)C2CCCC2)o1. The van der Waals surface area contributed by atoms with Crippen molar-refractivity contribution < 1.29 is 17.6 Å². The van der Waals surface area contributed by atoms with Crippen LogP contribution < -0.4 is 5.32 Å². The van der Waals surface area contributed by atoms with E-state index in [2.05, 4.69) is 5.32 Å². The number of carbonyl (C=O) groups is 1. The summed E-state index contributed by atoms with van der Waals surface area (Å²) in [5.41, 5.74) is 0. The van der Waals surface area contributed by atoms with Crippen LogP contribution in [0.25, 0.3) is 0 Å². The van der Waals surface area contributed by atoms with Gasteiger partial charge in [-0.15, -0.1) is 0 Å². The van der Waals surface area contributed by atoms with Gasteiger partial charge in [0.05, 0.1) is 18.2 Å². The highest BCUT2D eigenvalue weighted by molar-refractivity contribution is 7.88. The van der Waals surface area contributed by atoms with Gasteiger partial charge in [0.1, 0.15) is 11.5 Å². The van der Waals surface area contributed by atoms with Crippen LogP contribution in [-0.4, -0.2) is 44.0 Å². The second-order valence-corrected chi connectivity index (χ2v) is 8.71. The van der Waals surface area contributed by atoms with E-state index in [0.717, 1.165) is 37.2 Å². The Balaban J connectivity index is 1.77. The van der Waals surface area contributed by atoms with Crippen molar-refractivity contribution in [2.75, 3.05) is 19.3 Å². The summed E-state index contributed by atoms with van der Waals surface area (Å²) in [5, 5.41) is 3.08. The molecular weight excluding hydrogens is 316 g/mol. The van der Waals surface area contributed by atoms with Crippen molar-refractivity contribution in [3.05, 3.63) is 23.7 Å². The number of aryl methyl sites for hydroxylation is 1. The van der Waals surface area contributed by atoms with E-state index in [1.807, 2.05) is 19.1 Å². The third-order valence-corrected chi connectivity index (χ3v) is 6.17. The molecular formula is C16H24N2O4S. The monoisotopic (exact) mass is 340 g/mol. The zero-order valence-corrected chi connectivity index (χ0v) is 14.4. The van der Waals surface area contributed by atoms with Crippen LogP contribution in [0.1, 0.15) is 43.1 Å². The quantitative estimate of drug-likeness (QED) is 0.903. The topological polar surface area (TPSA) is 79.6 Å². The van der Waals surface area contributed by atoms with Crippen molar-refractivity contribution in [1.82, 2.24) is 9.62 Å². The molecule has 2 atom stereocenters. The lowest BCUT2D eigenvalue weighted by Crippen LogP contribution is -2.42. The van der Waals surface area contributed by atoms with Crippen molar-refractivity contribution in [3.63, 3.8) is 0 Å². The summed E-state index contributed by atoms with van der Waals surface area (Å²) in [6.45, 7) is 2.52. The molecule has 1 aromatic heterocycles. The number of hydrogen-bond donors (Lipinski definition) is 1. The molecule has 0 unspecified atom stereocenters. The fraction of sp³-hybridized carbons (Fsp3) is 0.688. The Labute approximate surface area is 137 Å². The van der Waals surface area contributed by atoms with Crippen molar-refractivity contribution in [2.24, 2.45) is 5.92 Å². The molecule has 1 saturated carbocycles. The van der Waals surface area contributed by atoms with Crippen molar-refractivity contribution in [3.8, 4) is 0 Å². The Bertz CT molecular complexity index is 676. The predicted octanol–water partition coefficient (Wildman–Crippen LogP) is 1.62. The number of hydrogen-bond acceptors (Lipinski definition) is 4. The Morgan fingerprint density at radius 1 is 1.26 bits per heavy atom. The van der Waals surface area contributed by atoms with Gasteiger partial charge in [-0.25, -0.2) is 8.42 Å². The zero-order chi connectivity index (χ0) is 16.6. The molecule has 1 N–H and O–H groups in total. The number of nitrogens with zero attached hydrogens (tertiary/aromatic N) is 1.